The molecule has 2 aromatic rings. The molecule has 1 aromatic carbocycles. The Morgan fingerprint density at radius 2 is 1.85 bits per heavy atom. The van der Waals surface area contributed by atoms with Gasteiger partial charge >= 0.3 is 5.97 Å². The number of anilines is 1. The number of Topliss-reactive ketones (excluding diaryl/α,β-unsaturated/α-hetero) is 1. The molecule has 0 aliphatic carbocycles. The number of carbonyl (C=O) groups is 4. The van der Waals surface area contributed by atoms with E-state index in [9.17, 15) is 19.2 Å². The van der Waals surface area contributed by atoms with Gasteiger partial charge < -0.3 is 14.2 Å². The van der Waals surface area contributed by atoms with Crippen molar-refractivity contribution in [2.24, 2.45) is 0 Å². The lowest BCUT2D eigenvalue weighted by Gasteiger charge is -2.50. The number of fused-ring (bicyclic) bond motifs is 3. The van der Waals surface area contributed by atoms with Crippen molar-refractivity contribution in [1.82, 2.24) is 9.47 Å². The molecule has 4 rings (SSSR count). The number of rotatable bonds is 6. The molecule has 8 nitrogen and oxygen atoms in total. The van der Waals surface area contributed by atoms with Crippen LogP contribution in [0.5, 0.6) is 0 Å². The minimum absolute atomic E-state index is 0.103. The van der Waals surface area contributed by atoms with Crippen molar-refractivity contribution in [3.05, 3.63) is 52.8 Å². The molecule has 1 saturated heterocycles. The molecule has 1 unspecified atom stereocenters. The van der Waals surface area contributed by atoms with Crippen LogP contribution in [0.4, 0.5) is 5.69 Å². The third kappa shape index (κ3) is 3.27. The second-order valence-electron chi connectivity index (χ2n) is 8.86. The highest BCUT2D eigenvalue weighted by Crippen LogP contribution is 2.46. The Morgan fingerprint density at radius 1 is 1.15 bits per heavy atom. The summed E-state index contributed by atoms with van der Waals surface area (Å²) in [7, 11) is 0. The van der Waals surface area contributed by atoms with Crippen molar-refractivity contribution in [1.29, 1.82) is 0 Å². The second-order valence-corrected chi connectivity index (χ2v) is 8.86. The van der Waals surface area contributed by atoms with E-state index < -0.39 is 18.2 Å². The maximum absolute atomic E-state index is 13.6. The second kappa shape index (κ2) is 8.17. The summed E-state index contributed by atoms with van der Waals surface area (Å²) in [5, 5.41) is 0. The van der Waals surface area contributed by atoms with Gasteiger partial charge in [0.1, 0.15) is 0 Å². The molecule has 2 amide bonds. The number of nitrogens with zero attached hydrogens (tertiary/aromatic N) is 3. The number of carbonyl (C=O) groups excluding carboxylic acids is 4. The molecule has 8 heteroatoms. The first-order valence-electron chi connectivity index (χ1n) is 11.3. The largest absolute Gasteiger partial charge is 0.454 e. The topological polar surface area (TPSA) is 88.9 Å². The maximum Gasteiger partial charge on any atom is 0.354 e. The van der Waals surface area contributed by atoms with Gasteiger partial charge in [-0.05, 0) is 52.8 Å². The molecule has 33 heavy (non-hydrogen) atoms. The van der Waals surface area contributed by atoms with Gasteiger partial charge in [-0.1, -0.05) is 12.1 Å². The predicted octanol–water partition coefficient (Wildman–Crippen LogP) is 3.24. The number of aryl methyl sites for hydroxylation is 1. The molecule has 1 atom stereocenters. The van der Waals surface area contributed by atoms with E-state index in [0.29, 0.717) is 16.8 Å². The summed E-state index contributed by atoms with van der Waals surface area (Å²) in [6.07, 6.45) is 0.215. The molecule has 0 N–H and O–H groups in total. The van der Waals surface area contributed by atoms with Gasteiger partial charge in [-0.25, -0.2) is 4.79 Å². The molecule has 2 aliphatic heterocycles. The summed E-state index contributed by atoms with van der Waals surface area (Å²) in [5.74, 6) is -1.67. The Morgan fingerprint density at radius 3 is 2.48 bits per heavy atom. The summed E-state index contributed by atoms with van der Waals surface area (Å²) in [6.45, 7) is 9.65. The van der Waals surface area contributed by atoms with E-state index in [4.69, 9.17) is 4.74 Å². The molecule has 1 fully saturated rings. The van der Waals surface area contributed by atoms with Crippen molar-refractivity contribution < 1.29 is 23.9 Å². The maximum atomic E-state index is 13.6. The van der Waals surface area contributed by atoms with Crippen LogP contribution in [-0.4, -0.2) is 51.3 Å². The fourth-order valence-corrected chi connectivity index (χ4v) is 5.27. The van der Waals surface area contributed by atoms with Crippen LogP contribution in [0.3, 0.4) is 0 Å². The zero-order valence-corrected chi connectivity index (χ0v) is 19.7. The van der Waals surface area contributed by atoms with Gasteiger partial charge in [0.05, 0.1) is 11.3 Å². The molecule has 0 saturated carbocycles. The monoisotopic (exact) mass is 451 g/mol. The number of hydrogen-bond acceptors (Lipinski definition) is 5. The summed E-state index contributed by atoms with van der Waals surface area (Å²) in [6, 6.07) is 8.20. The molecule has 0 spiro atoms. The number of amides is 2. The zero-order valence-electron chi connectivity index (χ0n) is 19.7. The van der Waals surface area contributed by atoms with Crippen LogP contribution in [0.2, 0.25) is 0 Å². The molecular formula is C25H29N3O5. The smallest absolute Gasteiger partial charge is 0.354 e. The van der Waals surface area contributed by atoms with Gasteiger partial charge in [0.25, 0.3) is 5.91 Å². The van der Waals surface area contributed by atoms with Gasteiger partial charge in [0.15, 0.2) is 6.61 Å². The average Bonchev–Trinajstić information content (AvgIpc) is 3.28. The van der Waals surface area contributed by atoms with Crippen LogP contribution in [0.15, 0.2) is 30.3 Å². The van der Waals surface area contributed by atoms with Gasteiger partial charge in [-0.15, -0.1) is 0 Å². The highest BCUT2D eigenvalue weighted by molar-refractivity contribution is 6.15. The van der Waals surface area contributed by atoms with Crippen molar-refractivity contribution in [2.75, 3.05) is 11.5 Å². The Balaban J connectivity index is 1.69. The fraction of sp³-hybridized carbons (Fsp3) is 0.440. The molecule has 1 aromatic heterocycles. The van der Waals surface area contributed by atoms with E-state index in [0.717, 1.165) is 17.9 Å². The first-order valence-corrected chi connectivity index (χ1v) is 11.3. The van der Waals surface area contributed by atoms with E-state index in [1.165, 1.54) is 9.80 Å². The Hall–Kier alpha value is -3.42. The lowest BCUT2D eigenvalue weighted by atomic mass is 9.95. The highest BCUT2D eigenvalue weighted by Gasteiger charge is 2.62. The zero-order chi connectivity index (χ0) is 24.1. The first kappa shape index (κ1) is 22.8. The summed E-state index contributed by atoms with van der Waals surface area (Å²) in [4.78, 5) is 55.7. The highest BCUT2D eigenvalue weighted by atomic mass is 16.5. The van der Waals surface area contributed by atoms with Crippen LogP contribution in [0, 0.1) is 13.8 Å². The number of esters is 1. The molecule has 0 bridgehead atoms. The van der Waals surface area contributed by atoms with Gasteiger partial charge in [-0.2, -0.15) is 0 Å². The predicted molar refractivity (Wildman–Crippen MR) is 122 cm³/mol. The fourth-order valence-electron chi connectivity index (χ4n) is 5.27. The number of hydrogen-bond donors (Lipinski definition) is 0. The van der Waals surface area contributed by atoms with Crippen molar-refractivity contribution >= 4 is 29.3 Å². The van der Waals surface area contributed by atoms with Crippen LogP contribution < -0.4 is 4.90 Å². The van der Waals surface area contributed by atoms with Gasteiger partial charge in [-0.3, -0.25) is 19.3 Å². The Kier molecular flexibility index (Phi) is 5.64. The van der Waals surface area contributed by atoms with Crippen LogP contribution in [0.1, 0.15) is 65.7 Å². The average molecular weight is 452 g/mol. The first-order chi connectivity index (χ1) is 15.6. The summed E-state index contributed by atoms with van der Waals surface area (Å²) in [5.41, 5.74) is 1.44. The van der Waals surface area contributed by atoms with Crippen LogP contribution in [0.25, 0.3) is 0 Å². The Labute approximate surface area is 193 Å². The quantitative estimate of drug-likeness (QED) is 0.497. The number of ether oxygens (including phenoxy) is 1. The molecular weight excluding hydrogens is 422 g/mol. The Bertz CT molecular complexity index is 1160. The van der Waals surface area contributed by atoms with Gasteiger partial charge in [0, 0.05) is 42.4 Å². The van der Waals surface area contributed by atoms with Crippen molar-refractivity contribution in [3.8, 4) is 0 Å². The van der Waals surface area contributed by atoms with E-state index in [-0.39, 0.29) is 36.5 Å². The minimum Gasteiger partial charge on any atom is -0.454 e. The minimum atomic E-state index is -1.60. The number of para-hydroxylation sites is 1. The van der Waals surface area contributed by atoms with Gasteiger partial charge in [0.2, 0.25) is 17.4 Å². The normalized spacial score (nSPS) is 19.7. The van der Waals surface area contributed by atoms with E-state index in [2.05, 4.69) is 0 Å². The van der Waals surface area contributed by atoms with E-state index >= 15 is 0 Å². The van der Waals surface area contributed by atoms with Crippen LogP contribution >= 0.6 is 0 Å². The third-order valence-corrected chi connectivity index (χ3v) is 6.67. The number of benzene rings is 1. The number of ketones is 1. The lowest BCUT2D eigenvalue weighted by Crippen LogP contribution is -2.70. The van der Waals surface area contributed by atoms with Crippen molar-refractivity contribution in [3.63, 3.8) is 0 Å². The van der Waals surface area contributed by atoms with E-state index in [1.54, 1.807) is 44.2 Å². The summed E-state index contributed by atoms with van der Waals surface area (Å²) >= 11 is 0. The number of aromatic nitrogens is 1. The van der Waals surface area contributed by atoms with Crippen molar-refractivity contribution in [2.45, 2.75) is 65.7 Å². The standard InChI is InChI=1S/C25H29N3O5/c1-6-26-16(4)13-19(17(26)5)21(29)14-33-24(32)25-12-11-22(30)28(25)20-10-8-7-9-18(20)23(31)27(25)15(2)3/h7-10,13,15H,6,11-12,14H2,1-5H3. The SMILES string of the molecule is CCn1c(C)cc(C(=O)COC(=O)C23CCC(=O)N2c2ccccc2C(=O)N3C(C)C)c1C. The third-order valence-electron chi connectivity index (χ3n) is 6.67. The van der Waals surface area contributed by atoms with Crippen LogP contribution in [-0.2, 0) is 20.9 Å². The molecule has 174 valence electrons. The molecule has 3 heterocycles. The molecule has 2 aliphatic rings. The molecule has 0 radical (unpaired) electrons. The summed E-state index contributed by atoms with van der Waals surface area (Å²) < 4.78 is 7.56. The van der Waals surface area contributed by atoms with E-state index in [1.807, 2.05) is 25.3 Å². The lowest BCUT2D eigenvalue weighted by molar-refractivity contribution is -0.157.